The van der Waals surface area contributed by atoms with Crippen LogP contribution in [-0.4, -0.2) is 39.6 Å². The molecule has 1 saturated carbocycles. The van der Waals surface area contributed by atoms with E-state index in [-0.39, 0.29) is 23.9 Å². The summed E-state index contributed by atoms with van der Waals surface area (Å²) in [4.78, 5) is 48.6. The number of hydrogen-bond acceptors (Lipinski definition) is 9. The fourth-order valence-electron chi connectivity index (χ4n) is 5.98. The van der Waals surface area contributed by atoms with E-state index in [1.165, 1.54) is 17.4 Å². The third-order valence-corrected chi connectivity index (χ3v) is 9.29. The fraction of sp³-hybridized carbons (Fsp3) is 0.233. The third-order valence-electron chi connectivity index (χ3n) is 8.04. The number of aromatic nitrogens is 2. The van der Waals surface area contributed by atoms with Crippen molar-refractivity contribution in [2.45, 2.75) is 42.9 Å². The van der Waals surface area contributed by atoms with Crippen LogP contribution in [0.15, 0.2) is 67.6 Å². The van der Waals surface area contributed by atoms with E-state index >= 15 is 0 Å². The molecule has 2 aliphatic carbocycles. The Morgan fingerprint density at radius 3 is 2.63 bits per heavy atom. The zero-order chi connectivity index (χ0) is 28.9. The van der Waals surface area contributed by atoms with Gasteiger partial charge in [0.2, 0.25) is 5.91 Å². The lowest BCUT2D eigenvalue weighted by Crippen LogP contribution is -2.53. The molecule has 3 heterocycles. The second-order valence-corrected chi connectivity index (χ2v) is 11.4. The summed E-state index contributed by atoms with van der Waals surface area (Å²) >= 11 is 1.19. The zero-order valence-corrected chi connectivity index (χ0v) is 22.9. The van der Waals surface area contributed by atoms with E-state index < -0.39 is 17.4 Å². The van der Waals surface area contributed by atoms with Crippen LogP contribution < -0.4 is 27.8 Å². The van der Waals surface area contributed by atoms with Crippen LogP contribution in [0.2, 0.25) is 0 Å². The van der Waals surface area contributed by atoms with Crippen molar-refractivity contribution in [3.63, 3.8) is 0 Å². The lowest BCUT2D eigenvalue weighted by Gasteiger charge is -2.36. The Balaban J connectivity index is 1.44. The maximum Gasteiger partial charge on any atom is 0.262 e. The number of nitrogens with one attached hydrogen (secondary N) is 2. The van der Waals surface area contributed by atoms with Gasteiger partial charge in [-0.15, -0.1) is 11.3 Å². The van der Waals surface area contributed by atoms with Gasteiger partial charge >= 0.3 is 0 Å². The molecule has 0 aliphatic heterocycles. The summed E-state index contributed by atoms with van der Waals surface area (Å²) in [6, 6.07) is 8.93. The van der Waals surface area contributed by atoms with Crippen LogP contribution in [0, 0.1) is 0 Å². The van der Waals surface area contributed by atoms with Crippen LogP contribution in [-0.2, 0) is 15.1 Å². The van der Waals surface area contributed by atoms with Crippen molar-refractivity contribution >= 4 is 44.7 Å². The molecule has 1 fully saturated rings. The smallest absolute Gasteiger partial charge is 0.262 e. The monoisotopic (exact) mass is 567 g/mol. The van der Waals surface area contributed by atoms with Crippen LogP contribution in [0.25, 0.3) is 21.3 Å². The van der Waals surface area contributed by atoms with Gasteiger partial charge < -0.3 is 27.8 Å². The standard InChI is InChI=1S/C30H29N7O3S/c1-2-22(38)36-19-6-3-7-20(19)37-29(40)27-24-23-17(8-9-18(31)26(23)41-27)30(33,28(39)25(24)32)16-10-12-35-21(13-16)15-5-4-11-34-14-15/h2,4-5,8-14,19-20,25H,1,3,6-7,31-33H2,(H,36,38)(H,37,40)/t19-,20+,25?,30?/m0/s1. The van der Waals surface area contributed by atoms with Gasteiger partial charge in [0, 0.05) is 52.9 Å². The molecule has 4 aromatic rings. The van der Waals surface area contributed by atoms with Gasteiger partial charge in [0.05, 0.1) is 21.3 Å². The minimum absolute atomic E-state index is 0.219. The first-order valence-corrected chi connectivity index (χ1v) is 14.1. The number of thiophene rings is 1. The quantitative estimate of drug-likeness (QED) is 0.174. The molecule has 2 aliphatic rings. The predicted molar refractivity (Wildman–Crippen MR) is 158 cm³/mol. The Kier molecular flexibility index (Phi) is 6.65. The van der Waals surface area contributed by atoms with Crippen molar-refractivity contribution in [2.24, 2.45) is 11.5 Å². The molecule has 10 nitrogen and oxygen atoms in total. The molecule has 41 heavy (non-hydrogen) atoms. The minimum atomic E-state index is -1.60. The molecule has 0 spiro atoms. The number of benzene rings is 1. The summed E-state index contributed by atoms with van der Waals surface area (Å²) in [5.74, 6) is -1.10. The molecule has 8 N–H and O–H groups in total. The highest BCUT2D eigenvalue weighted by Crippen LogP contribution is 2.49. The van der Waals surface area contributed by atoms with Gasteiger partial charge in [0.15, 0.2) is 5.78 Å². The summed E-state index contributed by atoms with van der Waals surface area (Å²) in [5.41, 5.74) is 21.7. The zero-order valence-electron chi connectivity index (χ0n) is 22.1. The number of rotatable bonds is 6. The molecular weight excluding hydrogens is 538 g/mol. The van der Waals surface area contributed by atoms with E-state index in [4.69, 9.17) is 17.2 Å². The molecule has 0 radical (unpaired) electrons. The number of anilines is 1. The summed E-state index contributed by atoms with van der Waals surface area (Å²) in [6.45, 7) is 3.50. The lowest BCUT2D eigenvalue weighted by molar-refractivity contribution is -0.124. The Morgan fingerprint density at radius 1 is 1.12 bits per heavy atom. The second kappa shape index (κ2) is 10.2. The van der Waals surface area contributed by atoms with Crippen molar-refractivity contribution in [3.05, 3.63) is 89.2 Å². The van der Waals surface area contributed by atoms with Crippen molar-refractivity contribution in [1.82, 2.24) is 20.6 Å². The van der Waals surface area contributed by atoms with E-state index in [2.05, 4.69) is 27.2 Å². The van der Waals surface area contributed by atoms with Crippen LogP contribution in [0.5, 0.6) is 0 Å². The molecule has 4 atom stereocenters. The molecule has 0 bridgehead atoms. The summed E-state index contributed by atoms with van der Waals surface area (Å²) in [7, 11) is 0. The topological polar surface area (TPSA) is 179 Å². The van der Waals surface area contributed by atoms with Crippen molar-refractivity contribution < 1.29 is 14.4 Å². The number of pyridine rings is 2. The van der Waals surface area contributed by atoms with Crippen LogP contribution in [0.1, 0.15) is 51.7 Å². The van der Waals surface area contributed by atoms with Crippen LogP contribution in [0.3, 0.4) is 0 Å². The number of ketones is 1. The molecule has 1 aromatic carbocycles. The molecule has 3 aromatic heterocycles. The van der Waals surface area contributed by atoms with E-state index in [1.807, 2.05) is 6.07 Å². The van der Waals surface area contributed by atoms with E-state index in [9.17, 15) is 14.4 Å². The maximum atomic E-state index is 14.1. The molecule has 6 rings (SSSR count). The van der Waals surface area contributed by atoms with Crippen LogP contribution in [0.4, 0.5) is 5.69 Å². The summed E-state index contributed by atoms with van der Waals surface area (Å²) < 4.78 is 0.643. The second-order valence-electron chi connectivity index (χ2n) is 10.4. The highest BCUT2D eigenvalue weighted by atomic mass is 32.1. The fourth-order valence-corrected chi connectivity index (χ4v) is 7.18. The third kappa shape index (κ3) is 4.29. The van der Waals surface area contributed by atoms with Gasteiger partial charge in [-0.25, -0.2) is 0 Å². The molecule has 11 heteroatoms. The maximum absolute atomic E-state index is 14.1. The largest absolute Gasteiger partial charge is 0.398 e. The van der Waals surface area contributed by atoms with Crippen LogP contribution >= 0.6 is 11.3 Å². The Morgan fingerprint density at radius 2 is 1.90 bits per heavy atom. The first kappa shape index (κ1) is 26.8. The number of nitrogens with two attached hydrogens (primary N) is 3. The SMILES string of the molecule is C=CC(=O)N[C@H]1CCC[C@H]1NC(=O)c1sc2c(N)ccc3c2c1C(N)C(=O)C3(N)c1ccnc(-c2cccnc2)c1. The number of amides is 2. The van der Waals surface area contributed by atoms with Gasteiger partial charge in [0.1, 0.15) is 5.54 Å². The van der Waals surface area contributed by atoms with Crippen molar-refractivity contribution in [2.75, 3.05) is 5.73 Å². The number of nitrogens with zero attached hydrogens (tertiary/aromatic N) is 2. The van der Waals surface area contributed by atoms with Gasteiger partial charge in [-0.2, -0.15) is 0 Å². The summed E-state index contributed by atoms with van der Waals surface area (Å²) in [5, 5.41) is 6.57. The van der Waals surface area contributed by atoms with Gasteiger partial charge in [-0.1, -0.05) is 12.6 Å². The lowest BCUT2D eigenvalue weighted by atomic mass is 9.70. The first-order valence-electron chi connectivity index (χ1n) is 13.3. The van der Waals surface area contributed by atoms with Gasteiger partial charge in [-0.3, -0.25) is 24.4 Å². The van der Waals surface area contributed by atoms with Gasteiger partial charge in [-0.05, 0) is 66.8 Å². The predicted octanol–water partition coefficient (Wildman–Crippen LogP) is 2.68. The number of hydrogen-bond donors (Lipinski definition) is 5. The van der Waals surface area contributed by atoms with Gasteiger partial charge in [0.25, 0.3) is 5.91 Å². The first-order chi connectivity index (χ1) is 19.7. The highest BCUT2D eigenvalue weighted by molar-refractivity contribution is 7.21. The van der Waals surface area contributed by atoms with Crippen molar-refractivity contribution in [3.8, 4) is 11.3 Å². The molecule has 2 amide bonds. The Hall–Kier alpha value is -4.45. The van der Waals surface area contributed by atoms with E-state index in [0.29, 0.717) is 49.5 Å². The molecular formula is C30H29N7O3S. The number of Topliss-reactive ketones (excluding diaryl/α,β-unsaturated/α-hetero) is 1. The minimum Gasteiger partial charge on any atom is -0.398 e. The molecule has 2 unspecified atom stereocenters. The number of carbonyl (C=O) groups is 3. The van der Waals surface area contributed by atoms with E-state index in [1.54, 1.807) is 48.9 Å². The van der Waals surface area contributed by atoms with E-state index in [0.717, 1.165) is 18.4 Å². The summed E-state index contributed by atoms with van der Waals surface area (Å²) in [6.07, 6.45) is 8.47. The average molecular weight is 568 g/mol. The number of nitrogen functional groups attached to an aromatic ring is 1. The normalized spacial score (nSPS) is 23.4. The average Bonchev–Trinajstić information content (AvgIpc) is 3.61. The Labute approximate surface area is 240 Å². The number of carbonyl (C=O) groups excluding carboxylic acids is 3. The van der Waals surface area contributed by atoms with Crippen molar-refractivity contribution in [1.29, 1.82) is 0 Å². The Bertz CT molecular complexity index is 1720. The molecule has 208 valence electrons. The molecule has 0 saturated heterocycles. The highest BCUT2D eigenvalue weighted by Gasteiger charge is 2.49.